The summed E-state index contributed by atoms with van der Waals surface area (Å²) in [4.78, 5) is 4.42. The minimum atomic E-state index is -0.256. The second-order valence-electron chi connectivity index (χ2n) is 4.41. The summed E-state index contributed by atoms with van der Waals surface area (Å²) in [7, 11) is 0. The van der Waals surface area contributed by atoms with Gasteiger partial charge in [0.2, 0.25) is 0 Å². The topological polar surface area (TPSA) is 17.8 Å². The van der Waals surface area contributed by atoms with E-state index in [0.29, 0.717) is 23.9 Å². The van der Waals surface area contributed by atoms with Crippen LogP contribution in [0.1, 0.15) is 38.6 Å². The van der Waals surface area contributed by atoms with Crippen molar-refractivity contribution in [2.45, 2.75) is 39.2 Å². The van der Waals surface area contributed by atoms with E-state index in [1.165, 1.54) is 6.07 Å². The Morgan fingerprint density at radius 2 is 2.06 bits per heavy atom. The Morgan fingerprint density at radius 3 is 2.67 bits per heavy atom. The van der Waals surface area contributed by atoms with Gasteiger partial charge in [0, 0.05) is 18.3 Å². The molecule has 98 valence electrons. The highest BCUT2D eigenvalue weighted by atomic mass is 35.5. The van der Waals surface area contributed by atoms with Crippen LogP contribution in [0.3, 0.4) is 0 Å². The number of fused-ring (bicyclic) bond motifs is 1. The molecule has 0 radical (unpaired) electrons. The maximum Gasteiger partial charge on any atom is 0.151 e. The van der Waals surface area contributed by atoms with E-state index in [1.54, 1.807) is 6.07 Å². The van der Waals surface area contributed by atoms with Crippen LogP contribution in [0.5, 0.6) is 0 Å². The lowest BCUT2D eigenvalue weighted by Gasteiger charge is -2.18. The number of aromatic nitrogens is 2. The summed E-state index contributed by atoms with van der Waals surface area (Å²) < 4.78 is 15.9. The first-order valence-corrected chi connectivity index (χ1v) is 6.97. The first kappa shape index (κ1) is 13.3. The third-order valence-electron chi connectivity index (χ3n) is 3.37. The van der Waals surface area contributed by atoms with Crippen LogP contribution in [-0.4, -0.2) is 15.4 Å². The van der Waals surface area contributed by atoms with Crippen molar-refractivity contribution in [3.05, 3.63) is 29.8 Å². The number of benzene rings is 1. The smallest absolute Gasteiger partial charge is 0.151 e. The highest BCUT2D eigenvalue weighted by molar-refractivity contribution is 6.17. The van der Waals surface area contributed by atoms with Gasteiger partial charge >= 0.3 is 0 Å². The maximum atomic E-state index is 13.8. The quantitative estimate of drug-likeness (QED) is 0.739. The van der Waals surface area contributed by atoms with Gasteiger partial charge in [0.1, 0.15) is 11.3 Å². The average Bonchev–Trinajstić information content (AvgIpc) is 2.72. The molecule has 0 amide bonds. The third-order valence-corrected chi connectivity index (χ3v) is 3.56. The monoisotopic (exact) mass is 268 g/mol. The molecular weight excluding hydrogens is 251 g/mol. The van der Waals surface area contributed by atoms with Crippen LogP contribution in [0, 0.1) is 5.82 Å². The normalized spacial score (nSPS) is 11.6. The largest absolute Gasteiger partial charge is 0.325 e. The molecule has 0 spiro atoms. The molecular formula is C14H18ClFN2. The van der Waals surface area contributed by atoms with Gasteiger partial charge in [0.15, 0.2) is 5.82 Å². The SMILES string of the molecule is CCC(CC)n1c(CCCl)nc2c(F)cccc21. The molecule has 2 rings (SSSR count). The third kappa shape index (κ3) is 2.24. The zero-order chi connectivity index (χ0) is 13.1. The predicted molar refractivity (Wildman–Crippen MR) is 73.7 cm³/mol. The fourth-order valence-corrected chi connectivity index (χ4v) is 2.62. The highest BCUT2D eigenvalue weighted by Crippen LogP contribution is 2.27. The molecule has 0 atom stereocenters. The van der Waals surface area contributed by atoms with Crippen molar-refractivity contribution < 1.29 is 4.39 Å². The summed E-state index contributed by atoms with van der Waals surface area (Å²) in [6.45, 7) is 4.29. The summed E-state index contributed by atoms with van der Waals surface area (Å²) in [5, 5.41) is 0. The number of para-hydroxylation sites is 1. The standard InChI is InChI=1S/C14H18ClFN2/c1-3-10(4-2)18-12-7-5-6-11(16)14(12)17-13(18)8-9-15/h5-7,10H,3-4,8-9H2,1-2H3. The van der Waals surface area contributed by atoms with Crippen LogP contribution < -0.4 is 0 Å². The molecule has 0 saturated carbocycles. The van der Waals surface area contributed by atoms with Crippen LogP contribution in [0.15, 0.2) is 18.2 Å². The molecule has 0 N–H and O–H groups in total. The Balaban J connectivity index is 2.65. The molecule has 18 heavy (non-hydrogen) atoms. The summed E-state index contributed by atoms with van der Waals surface area (Å²) in [6.07, 6.45) is 2.69. The van der Waals surface area contributed by atoms with Crippen molar-refractivity contribution in [3.63, 3.8) is 0 Å². The number of hydrogen-bond acceptors (Lipinski definition) is 1. The number of imidazole rings is 1. The van der Waals surface area contributed by atoms with E-state index in [9.17, 15) is 4.39 Å². The minimum absolute atomic E-state index is 0.256. The van der Waals surface area contributed by atoms with Crippen LogP contribution in [0.25, 0.3) is 11.0 Å². The summed E-state index contributed by atoms with van der Waals surface area (Å²) >= 11 is 5.82. The molecule has 2 nitrogen and oxygen atoms in total. The second-order valence-corrected chi connectivity index (χ2v) is 4.79. The fourth-order valence-electron chi connectivity index (χ4n) is 2.45. The van der Waals surface area contributed by atoms with Crippen LogP contribution in [0.4, 0.5) is 4.39 Å². The highest BCUT2D eigenvalue weighted by Gasteiger charge is 2.18. The second kappa shape index (κ2) is 5.70. The van der Waals surface area contributed by atoms with Gasteiger partial charge in [-0.25, -0.2) is 9.37 Å². The first-order valence-electron chi connectivity index (χ1n) is 6.44. The molecule has 0 aliphatic heterocycles. The molecule has 0 saturated heterocycles. The van der Waals surface area contributed by atoms with Crippen molar-refractivity contribution >= 4 is 22.6 Å². The molecule has 0 fully saturated rings. The summed E-state index contributed by atoms with van der Waals surface area (Å²) in [5.41, 5.74) is 1.34. The predicted octanol–water partition coefficient (Wildman–Crippen LogP) is 4.32. The van der Waals surface area contributed by atoms with Crippen LogP contribution >= 0.6 is 11.6 Å². The fraction of sp³-hybridized carbons (Fsp3) is 0.500. The van der Waals surface area contributed by atoms with Crippen molar-refractivity contribution in [1.82, 2.24) is 9.55 Å². The maximum absolute atomic E-state index is 13.8. The lowest BCUT2D eigenvalue weighted by atomic mass is 10.1. The van der Waals surface area contributed by atoms with Crippen LogP contribution in [-0.2, 0) is 6.42 Å². The van der Waals surface area contributed by atoms with E-state index in [1.807, 2.05) is 6.07 Å². The Kier molecular flexibility index (Phi) is 4.23. The first-order chi connectivity index (χ1) is 8.72. The number of rotatable bonds is 5. The van der Waals surface area contributed by atoms with Gasteiger partial charge in [-0.15, -0.1) is 11.6 Å². The van der Waals surface area contributed by atoms with Crippen LogP contribution in [0.2, 0.25) is 0 Å². The van der Waals surface area contributed by atoms with Crippen molar-refractivity contribution in [3.8, 4) is 0 Å². The molecule has 4 heteroatoms. The van der Waals surface area contributed by atoms with Gasteiger partial charge in [0.25, 0.3) is 0 Å². The van der Waals surface area contributed by atoms with E-state index in [-0.39, 0.29) is 5.82 Å². The lowest BCUT2D eigenvalue weighted by molar-refractivity contribution is 0.468. The van der Waals surface area contributed by atoms with E-state index in [4.69, 9.17) is 11.6 Å². The Labute approximate surface area is 112 Å². The van der Waals surface area contributed by atoms with Gasteiger partial charge in [-0.05, 0) is 25.0 Å². The van der Waals surface area contributed by atoms with Crippen molar-refractivity contribution in [2.75, 3.05) is 5.88 Å². The van der Waals surface area contributed by atoms with Gasteiger partial charge < -0.3 is 4.57 Å². The minimum Gasteiger partial charge on any atom is -0.325 e. The van der Waals surface area contributed by atoms with Crippen molar-refractivity contribution in [2.24, 2.45) is 0 Å². The zero-order valence-corrected chi connectivity index (χ0v) is 11.5. The number of aryl methyl sites for hydroxylation is 1. The van der Waals surface area contributed by atoms with Crippen molar-refractivity contribution in [1.29, 1.82) is 0 Å². The number of alkyl halides is 1. The van der Waals surface area contributed by atoms with E-state index >= 15 is 0 Å². The summed E-state index contributed by atoms with van der Waals surface area (Å²) in [6, 6.07) is 5.48. The Hall–Kier alpha value is -1.09. The molecule has 0 aliphatic rings. The van der Waals surface area contributed by atoms with E-state index < -0.39 is 0 Å². The van der Waals surface area contributed by atoms with Gasteiger partial charge in [-0.1, -0.05) is 19.9 Å². The number of halogens is 2. The van der Waals surface area contributed by atoms with E-state index in [2.05, 4.69) is 23.4 Å². The van der Waals surface area contributed by atoms with Gasteiger partial charge in [0.05, 0.1) is 5.52 Å². The molecule has 2 aromatic rings. The van der Waals surface area contributed by atoms with E-state index in [0.717, 1.165) is 24.2 Å². The average molecular weight is 269 g/mol. The van der Waals surface area contributed by atoms with Gasteiger partial charge in [-0.3, -0.25) is 0 Å². The Bertz CT molecular complexity index is 532. The number of hydrogen-bond donors (Lipinski definition) is 0. The summed E-state index contributed by atoms with van der Waals surface area (Å²) in [5.74, 6) is 1.14. The molecule has 0 unspecified atom stereocenters. The molecule has 1 aromatic heterocycles. The lowest BCUT2D eigenvalue weighted by Crippen LogP contribution is -2.11. The number of nitrogens with zero attached hydrogens (tertiary/aromatic N) is 2. The molecule has 1 aromatic carbocycles. The van der Waals surface area contributed by atoms with Gasteiger partial charge in [-0.2, -0.15) is 0 Å². The molecule has 1 heterocycles. The molecule has 0 aliphatic carbocycles. The Morgan fingerprint density at radius 1 is 1.33 bits per heavy atom. The zero-order valence-electron chi connectivity index (χ0n) is 10.8. The molecule has 0 bridgehead atoms.